The molecule has 2 aromatic carbocycles. The number of halogens is 3. The zero-order chi connectivity index (χ0) is 15.5. The van der Waals surface area contributed by atoms with Crippen molar-refractivity contribution in [2.75, 3.05) is 4.72 Å². The quantitative estimate of drug-likeness (QED) is 0.883. The van der Waals surface area contributed by atoms with Crippen LogP contribution in [0.1, 0.15) is 5.56 Å². The lowest BCUT2D eigenvalue weighted by atomic mass is 10.2. The molecule has 0 amide bonds. The topological polar surface area (TPSA) is 46.2 Å². The summed E-state index contributed by atoms with van der Waals surface area (Å²) in [6.45, 7) is 0. The molecule has 2 rings (SSSR count). The Balaban J connectivity index is 2.18. The van der Waals surface area contributed by atoms with E-state index in [-0.39, 0.29) is 10.7 Å². The van der Waals surface area contributed by atoms with Gasteiger partial charge in [-0.05, 0) is 42.0 Å². The molecular weight excluding hydrogens is 336 g/mol. The van der Waals surface area contributed by atoms with E-state index in [1.807, 2.05) is 0 Å². The summed E-state index contributed by atoms with van der Waals surface area (Å²) in [6, 6.07) is 10.2. The molecule has 0 aliphatic carbocycles. The van der Waals surface area contributed by atoms with Gasteiger partial charge in [0.15, 0.2) is 0 Å². The molecule has 0 spiro atoms. The highest BCUT2D eigenvalue weighted by Gasteiger charge is 2.10. The molecule has 0 bridgehead atoms. The second-order valence-electron chi connectivity index (χ2n) is 4.13. The van der Waals surface area contributed by atoms with Crippen LogP contribution in [0.15, 0.2) is 47.9 Å². The summed E-state index contributed by atoms with van der Waals surface area (Å²) in [5.41, 5.74) is 0.444. The largest absolute Gasteiger partial charge is 0.277 e. The third-order valence-corrected chi connectivity index (χ3v) is 3.98. The van der Waals surface area contributed by atoms with Gasteiger partial charge in [0.1, 0.15) is 5.82 Å². The molecule has 2 aromatic rings. The second kappa shape index (κ2) is 6.47. The monoisotopic (exact) mass is 345 g/mol. The Morgan fingerprint density at radius 2 is 1.62 bits per heavy atom. The van der Waals surface area contributed by atoms with Crippen molar-refractivity contribution in [3.63, 3.8) is 0 Å². The highest BCUT2D eigenvalue weighted by atomic mass is 35.5. The van der Waals surface area contributed by atoms with Gasteiger partial charge < -0.3 is 0 Å². The summed E-state index contributed by atoms with van der Waals surface area (Å²) >= 11 is 11.4. The van der Waals surface area contributed by atoms with E-state index in [0.717, 1.165) is 11.5 Å². The third kappa shape index (κ3) is 4.74. The van der Waals surface area contributed by atoms with Crippen molar-refractivity contribution in [2.24, 2.45) is 0 Å². The first kappa shape index (κ1) is 15.8. The molecule has 0 radical (unpaired) electrons. The lowest BCUT2D eigenvalue weighted by Gasteiger charge is -2.06. The van der Waals surface area contributed by atoms with Crippen molar-refractivity contribution in [3.8, 4) is 0 Å². The van der Waals surface area contributed by atoms with E-state index >= 15 is 0 Å². The lowest BCUT2D eigenvalue weighted by Crippen LogP contribution is -2.10. The molecule has 0 aliphatic heterocycles. The molecule has 110 valence electrons. The fraction of sp³-hybridized carbons (Fsp3) is 0. The van der Waals surface area contributed by atoms with Crippen molar-refractivity contribution in [3.05, 3.63) is 69.3 Å². The predicted octanol–water partition coefficient (Wildman–Crippen LogP) is 4.55. The number of benzene rings is 2. The van der Waals surface area contributed by atoms with Gasteiger partial charge in [0, 0.05) is 10.0 Å². The normalized spacial score (nSPS) is 11.8. The first-order valence-corrected chi connectivity index (χ1v) is 8.07. The fourth-order valence-electron chi connectivity index (χ4n) is 1.51. The molecule has 0 saturated heterocycles. The van der Waals surface area contributed by atoms with Gasteiger partial charge >= 0.3 is 0 Å². The first-order chi connectivity index (χ1) is 9.85. The van der Waals surface area contributed by atoms with Crippen molar-refractivity contribution < 1.29 is 12.8 Å². The molecular formula is C14H10Cl2FNO2S. The summed E-state index contributed by atoms with van der Waals surface area (Å²) in [5, 5.41) is 1.72. The van der Waals surface area contributed by atoms with Gasteiger partial charge in [0.2, 0.25) is 0 Å². The Labute approximate surface area is 132 Å². The number of sulfonamides is 1. The Morgan fingerprint density at radius 1 is 1.00 bits per heavy atom. The van der Waals surface area contributed by atoms with Gasteiger partial charge in [-0.1, -0.05) is 35.3 Å². The van der Waals surface area contributed by atoms with Crippen LogP contribution in [0.4, 0.5) is 10.1 Å². The Morgan fingerprint density at radius 3 is 2.29 bits per heavy atom. The molecule has 0 heterocycles. The standard InChI is InChI=1S/C14H10Cl2FNO2S/c15-11-3-1-10(2-4-11)7-8-21(19,20)18-14-9-12(16)5-6-13(14)17/h1-9,18H/b8-7+. The van der Waals surface area contributed by atoms with Gasteiger partial charge in [0.25, 0.3) is 10.0 Å². The van der Waals surface area contributed by atoms with Gasteiger partial charge in [0.05, 0.1) is 11.1 Å². The van der Waals surface area contributed by atoms with Crippen molar-refractivity contribution in [1.29, 1.82) is 0 Å². The Hall–Kier alpha value is -1.56. The van der Waals surface area contributed by atoms with Crippen LogP contribution >= 0.6 is 23.2 Å². The molecule has 0 aliphatic rings. The van der Waals surface area contributed by atoms with Crippen LogP contribution in [-0.4, -0.2) is 8.42 Å². The fourth-order valence-corrected chi connectivity index (χ4v) is 2.67. The molecule has 0 fully saturated rings. The number of hydrogen-bond acceptors (Lipinski definition) is 2. The maximum absolute atomic E-state index is 13.5. The van der Waals surface area contributed by atoms with Gasteiger partial charge in [-0.25, -0.2) is 12.8 Å². The minimum absolute atomic E-state index is 0.205. The zero-order valence-electron chi connectivity index (χ0n) is 10.6. The van der Waals surface area contributed by atoms with Crippen LogP contribution in [-0.2, 0) is 10.0 Å². The van der Waals surface area contributed by atoms with Crippen molar-refractivity contribution in [2.45, 2.75) is 0 Å². The van der Waals surface area contributed by atoms with Crippen LogP contribution in [0.25, 0.3) is 6.08 Å². The SMILES string of the molecule is O=S(=O)(/C=C/c1ccc(Cl)cc1)Nc1cc(Cl)ccc1F. The molecule has 3 nitrogen and oxygen atoms in total. The summed E-state index contributed by atoms with van der Waals surface area (Å²) in [7, 11) is -3.84. The van der Waals surface area contributed by atoms with Gasteiger partial charge in [-0.2, -0.15) is 0 Å². The third-order valence-electron chi connectivity index (χ3n) is 2.49. The van der Waals surface area contributed by atoms with Crippen molar-refractivity contribution >= 4 is 45.0 Å². The lowest BCUT2D eigenvalue weighted by molar-refractivity contribution is 0.606. The maximum Gasteiger partial charge on any atom is 0.255 e. The second-order valence-corrected chi connectivity index (χ2v) is 6.56. The Bertz CT molecular complexity index is 774. The summed E-state index contributed by atoms with van der Waals surface area (Å²) in [6.07, 6.45) is 1.38. The van der Waals surface area contributed by atoms with E-state index in [4.69, 9.17) is 23.2 Å². The highest BCUT2D eigenvalue weighted by Crippen LogP contribution is 2.21. The van der Waals surface area contributed by atoms with Crippen LogP contribution < -0.4 is 4.72 Å². The number of anilines is 1. The molecule has 21 heavy (non-hydrogen) atoms. The van der Waals surface area contributed by atoms with E-state index in [9.17, 15) is 12.8 Å². The number of rotatable bonds is 4. The predicted molar refractivity (Wildman–Crippen MR) is 84.4 cm³/mol. The van der Waals surface area contributed by atoms with E-state index in [0.29, 0.717) is 10.6 Å². The maximum atomic E-state index is 13.5. The van der Waals surface area contributed by atoms with E-state index < -0.39 is 15.8 Å². The van der Waals surface area contributed by atoms with E-state index in [1.54, 1.807) is 24.3 Å². The zero-order valence-corrected chi connectivity index (χ0v) is 12.9. The van der Waals surface area contributed by atoms with Gasteiger partial charge in [-0.15, -0.1) is 0 Å². The minimum Gasteiger partial charge on any atom is -0.277 e. The van der Waals surface area contributed by atoms with Crippen LogP contribution in [0.3, 0.4) is 0 Å². The molecule has 0 saturated carbocycles. The number of nitrogens with one attached hydrogen (secondary N) is 1. The van der Waals surface area contributed by atoms with Crippen LogP contribution in [0.2, 0.25) is 10.0 Å². The number of hydrogen-bond donors (Lipinski definition) is 1. The first-order valence-electron chi connectivity index (χ1n) is 5.77. The summed E-state index contributed by atoms with van der Waals surface area (Å²) in [4.78, 5) is 0. The van der Waals surface area contributed by atoms with Crippen molar-refractivity contribution in [1.82, 2.24) is 0 Å². The average molecular weight is 346 g/mol. The van der Waals surface area contributed by atoms with Gasteiger partial charge in [-0.3, -0.25) is 4.72 Å². The average Bonchev–Trinajstić information content (AvgIpc) is 2.42. The minimum atomic E-state index is -3.84. The summed E-state index contributed by atoms with van der Waals surface area (Å²) in [5.74, 6) is -0.706. The smallest absolute Gasteiger partial charge is 0.255 e. The summed E-state index contributed by atoms with van der Waals surface area (Å²) < 4.78 is 39.3. The van der Waals surface area contributed by atoms with Crippen LogP contribution in [0.5, 0.6) is 0 Å². The highest BCUT2D eigenvalue weighted by molar-refractivity contribution is 7.95. The van der Waals surface area contributed by atoms with Crippen LogP contribution in [0, 0.1) is 5.82 Å². The molecule has 1 N–H and O–H groups in total. The molecule has 0 unspecified atom stereocenters. The molecule has 7 heteroatoms. The Kier molecular flexibility index (Phi) is 4.88. The van der Waals surface area contributed by atoms with E-state index in [1.165, 1.54) is 18.2 Å². The molecule has 0 atom stereocenters. The van der Waals surface area contributed by atoms with E-state index in [2.05, 4.69) is 4.72 Å². The molecule has 0 aromatic heterocycles.